The second-order valence-electron chi connectivity index (χ2n) is 3.46. The van der Waals surface area contributed by atoms with Crippen LogP contribution in [0.25, 0.3) is 0 Å². The van der Waals surface area contributed by atoms with E-state index in [1.165, 1.54) is 12.1 Å². The van der Waals surface area contributed by atoms with Crippen molar-refractivity contribution in [2.75, 3.05) is 0 Å². The summed E-state index contributed by atoms with van der Waals surface area (Å²) >= 11 is 5.17. The van der Waals surface area contributed by atoms with Gasteiger partial charge in [-0.3, -0.25) is 4.79 Å². The molecule has 0 aliphatic carbocycles. The summed E-state index contributed by atoms with van der Waals surface area (Å²) in [6.07, 6.45) is -1.61. The summed E-state index contributed by atoms with van der Waals surface area (Å²) in [4.78, 5) is 22.1. The Balaban J connectivity index is 3.19. The monoisotopic (exact) mass is 412 g/mol. The highest BCUT2D eigenvalue weighted by Gasteiger charge is 2.20. The van der Waals surface area contributed by atoms with Gasteiger partial charge in [0.05, 0.1) is 4.83 Å². The molecule has 0 aliphatic heterocycles. The van der Waals surface area contributed by atoms with Crippen LogP contribution < -0.4 is 0 Å². The first-order chi connectivity index (χ1) is 7.84. The van der Waals surface area contributed by atoms with Crippen LogP contribution in [0.3, 0.4) is 0 Å². The van der Waals surface area contributed by atoms with Crippen LogP contribution in [0.2, 0.25) is 0 Å². The first-order valence-corrected chi connectivity index (χ1v) is 6.72. The predicted octanol–water partition coefficient (Wildman–Crippen LogP) is 2.38. The second-order valence-corrected chi connectivity index (χ2v) is 6.00. The van der Waals surface area contributed by atoms with Crippen molar-refractivity contribution in [1.29, 1.82) is 0 Å². The van der Waals surface area contributed by atoms with Gasteiger partial charge in [0.15, 0.2) is 11.9 Å². The van der Waals surface area contributed by atoms with Crippen LogP contribution in [0.4, 0.5) is 0 Å². The van der Waals surface area contributed by atoms with Crippen molar-refractivity contribution in [2.24, 2.45) is 0 Å². The van der Waals surface area contributed by atoms with E-state index in [0.717, 1.165) is 3.57 Å². The third-order valence-corrected chi connectivity index (χ3v) is 3.52. The normalized spacial score (nSPS) is 14.1. The van der Waals surface area contributed by atoms with Gasteiger partial charge in [0, 0.05) is 9.13 Å². The molecule has 0 heterocycles. The molecular weight excluding hydrogens is 403 g/mol. The number of benzene rings is 1. The zero-order valence-corrected chi connectivity index (χ0v) is 12.6. The molecule has 0 saturated carbocycles. The summed E-state index contributed by atoms with van der Waals surface area (Å²) in [5.41, 5.74) is 0.613. The minimum Gasteiger partial charge on any atom is -0.479 e. The summed E-state index contributed by atoms with van der Waals surface area (Å²) in [6, 6.07) is 4.53. The first kappa shape index (κ1) is 14.6. The molecule has 0 bridgehead atoms. The van der Waals surface area contributed by atoms with Crippen molar-refractivity contribution in [3.8, 4) is 0 Å². The third-order valence-electron chi connectivity index (χ3n) is 2.17. The number of carboxylic acids is 1. The van der Waals surface area contributed by atoms with E-state index >= 15 is 0 Å². The summed E-state index contributed by atoms with van der Waals surface area (Å²) in [5.74, 6) is -1.48. The molecule has 1 rings (SSSR count). The van der Waals surface area contributed by atoms with Crippen molar-refractivity contribution in [1.82, 2.24) is 0 Å². The summed E-state index contributed by atoms with van der Waals surface area (Å²) < 4.78 is 0.722. The Morgan fingerprint density at radius 3 is 2.47 bits per heavy atom. The number of aliphatic carboxylic acids is 1. The number of halogens is 2. The fourth-order valence-electron chi connectivity index (χ4n) is 1.26. The Bertz CT molecular complexity index is 459. The van der Waals surface area contributed by atoms with Crippen LogP contribution >= 0.6 is 38.5 Å². The Hall–Kier alpha value is -0.470. The molecule has 2 unspecified atom stereocenters. The molecule has 1 aromatic rings. The number of carboxylic acid groups (broad SMARTS) is 1. The molecule has 2 atom stereocenters. The molecule has 6 heteroatoms. The van der Waals surface area contributed by atoms with E-state index in [1.54, 1.807) is 13.0 Å². The van der Waals surface area contributed by atoms with Gasteiger partial charge in [0.2, 0.25) is 0 Å². The van der Waals surface area contributed by atoms with Gasteiger partial charge in [-0.25, -0.2) is 4.79 Å². The van der Waals surface area contributed by atoms with E-state index < -0.39 is 12.1 Å². The van der Waals surface area contributed by atoms with Crippen LogP contribution in [0.5, 0.6) is 0 Å². The lowest BCUT2D eigenvalue weighted by Gasteiger charge is -2.10. The molecule has 0 radical (unpaired) electrons. The van der Waals surface area contributed by atoms with Crippen molar-refractivity contribution < 1.29 is 19.8 Å². The number of hydrogen-bond acceptors (Lipinski definition) is 3. The molecule has 17 heavy (non-hydrogen) atoms. The van der Waals surface area contributed by atoms with Crippen LogP contribution in [-0.4, -0.2) is 26.8 Å². The zero-order valence-electron chi connectivity index (χ0n) is 8.85. The highest BCUT2D eigenvalue weighted by molar-refractivity contribution is 14.1. The van der Waals surface area contributed by atoms with E-state index in [-0.39, 0.29) is 16.2 Å². The molecule has 1 aromatic carbocycles. The molecule has 0 fully saturated rings. The molecule has 0 saturated heterocycles. The minimum absolute atomic E-state index is 0.145. The van der Waals surface area contributed by atoms with Crippen LogP contribution in [0, 0.1) is 3.57 Å². The topological polar surface area (TPSA) is 74.6 Å². The Kier molecular flexibility index (Phi) is 5.08. The van der Waals surface area contributed by atoms with Crippen LogP contribution in [0.15, 0.2) is 18.2 Å². The molecule has 0 spiro atoms. The van der Waals surface area contributed by atoms with E-state index in [0.29, 0.717) is 5.56 Å². The number of aliphatic hydroxyl groups is 1. The maximum Gasteiger partial charge on any atom is 0.337 e. The summed E-state index contributed by atoms with van der Waals surface area (Å²) in [5, 5.41) is 18.1. The number of carbonyl (C=O) groups is 2. The highest BCUT2D eigenvalue weighted by Crippen LogP contribution is 2.22. The largest absolute Gasteiger partial charge is 0.479 e. The van der Waals surface area contributed by atoms with E-state index in [1.807, 2.05) is 22.6 Å². The lowest BCUT2D eigenvalue weighted by Crippen LogP contribution is -2.15. The number of Topliss-reactive ketones (excluding diaryl/α,β-unsaturated/α-hetero) is 1. The Morgan fingerprint density at radius 1 is 1.41 bits per heavy atom. The molecule has 0 aromatic heterocycles. The average molecular weight is 413 g/mol. The van der Waals surface area contributed by atoms with Gasteiger partial charge in [0.25, 0.3) is 0 Å². The van der Waals surface area contributed by atoms with E-state index in [4.69, 9.17) is 5.11 Å². The number of hydrogen-bond donors (Lipinski definition) is 2. The van der Waals surface area contributed by atoms with Crippen molar-refractivity contribution in [3.63, 3.8) is 0 Å². The lowest BCUT2D eigenvalue weighted by atomic mass is 10.0. The van der Waals surface area contributed by atoms with Gasteiger partial charge in [-0.05, 0) is 47.2 Å². The zero-order chi connectivity index (χ0) is 13.2. The molecule has 2 N–H and O–H groups in total. The van der Waals surface area contributed by atoms with Gasteiger partial charge >= 0.3 is 5.97 Å². The summed E-state index contributed by atoms with van der Waals surface area (Å²) in [6.45, 7) is 1.69. The summed E-state index contributed by atoms with van der Waals surface area (Å²) in [7, 11) is 0. The second kappa shape index (κ2) is 5.92. The average Bonchev–Trinajstić information content (AvgIpc) is 2.27. The van der Waals surface area contributed by atoms with Crippen molar-refractivity contribution >= 4 is 50.3 Å². The standard InChI is InChI=1S/C11H10BrIO4/c1-5(12)9(14)7-4-6(2-3-8(7)13)10(15)11(16)17/h2-5,10,15H,1H3,(H,16,17). The smallest absolute Gasteiger partial charge is 0.337 e. The fourth-order valence-corrected chi connectivity index (χ4v) is 2.11. The number of carbonyl (C=O) groups excluding carboxylic acids is 1. The quantitative estimate of drug-likeness (QED) is 0.452. The SMILES string of the molecule is CC(Br)C(=O)c1cc(C(O)C(=O)O)ccc1I. The van der Waals surface area contributed by atoms with Crippen LogP contribution in [-0.2, 0) is 4.79 Å². The van der Waals surface area contributed by atoms with Crippen LogP contribution in [0.1, 0.15) is 28.9 Å². The first-order valence-electron chi connectivity index (χ1n) is 4.73. The van der Waals surface area contributed by atoms with Gasteiger partial charge in [-0.2, -0.15) is 0 Å². The molecule has 4 nitrogen and oxygen atoms in total. The fraction of sp³-hybridized carbons (Fsp3) is 0.273. The Morgan fingerprint density at radius 2 is 2.00 bits per heavy atom. The molecule has 0 aliphatic rings. The van der Waals surface area contributed by atoms with Crippen molar-refractivity contribution in [2.45, 2.75) is 17.9 Å². The highest BCUT2D eigenvalue weighted by atomic mass is 127. The van der Waals surface area contributed by atoms with Crippen molar-refractivity contribution in [3.05, 3.63) is 32.9 Å². The van der Waals surface area contributed by atoms with Gasteiger partial charge in [-0.15, -0.1) is 0 Å². The number of aliphatic hydroxyl groups excluding tert-OH is 1. The predicted molar refractivity (Wildman–Crippen MR) is 74.5 cm³/mol. The number of ketones is 1. The molecule has 92 valence electrons. The minimum atomic E-state index is -1.61. The Labute approximate surface area is 120 Å². The molecular formula is C11H10BrIO4. The number of alkyl halides is 1. The molecule has 0 amide bonds. The third kappa shape index (κ3) is 3.49. The maximum atomic E-state index is 11.8. The van der Waals surface area contributed by atoms with Gasteiger partial charge in [0.1, 0.15) is 0 Å². The number of rotatable bonds is 4. The van der Waals surface area contributed by atoms with Gasteiger partial charge in [-0.1, -0.05) is 22.0 Å². The maximum absolute atomic E-state index is 11.8. The lowest BCUT2D eigenvalue weighted by molar-refractivity contribution is -0.146. The van der Waals surface area contributed by atoms with Gasteiger partial charge < -0.3 is 10.2 Å². The van der Waals surface area contributed by atoms with E-state index in [9.17, 15) is 14.7 Å². The van der Waals surface area contributed by atoms with E-state index in [2.05, 4.69) is 15.9 Å².